The van der Waals surface area contributed by atoms with E-state index in [1.165, 1.54) is 0 Å². The molecule has 0 saturated heterocycles. The Balaban J connectivity index is -0.000000403. The molecule has 0 bridgehead atoms. The summed E-state index contributed by atoms with van der Waals surface area (Å²) in [5.41, 5.74) is 0. The minimum atomic E-state index is 0. The Kier molecular flexibility index (Phi) is 19.9. The van der Waals surface area contributed by atoms with Crippen LogP contribution in [0.15, 0.2) is 36.4 Å². The van der Waals surface area contributed by atoms with E-state index in [0.717, 1.165) is 10.4 Å². The first-order chi connectivity index (χ1) is 5.34. The molecule has 0 amide bonds. The van der Waals surface area contributed by atoms with E-state index in [1.54, 1.807) is 0 Å². The Labute approximate surface area is 161 Å². The van der Waals surface area contributed by atoms with Crippen LogP contribution in [0.2, 0.25) is 0 Å². The molecule has 1 rings (SSSR count). The number of benzene rings is 1. The quantitative estimate of drug-likeness (QED) is 0.613. The summed E-state index contributed by atoms with van der Waals surface area (Å²) in [5, 5.41) is 1.72. The maximum atomic E-state index is 5.66. The molecule has 0 N–H and O–H groups in total. The first-order valence-electron chi connectivity index (χ1n) is 3.57. The van der Waals surface area contributed by atoms with Crippen molar-refractivity contribution in [3.63, 3.8) is 0 Å². The summed E-state index contributed by atoms with van der Waals surface area (Å²) < 4.78 is 0. The van der Waals surface area contributed by atoms with Crippen molar-refractivity contribution in [2.45, 2.75) is 6.92 Å². The average Bonchev–Trinajstić information content (AvgIpc) is 2.03. The molecule has 0 atom stereocenters. The van der Waals surface area contributed by atoms with E-state index in [9.17, 15) is 0 Å². The molecule has 3 heteroatoms. The fourth-order valence-corrected chi connectivity index (χ4v) is 0.802. The van der Waals surface area contributed by atoms with Gasteiger partial charge in [-0.1, -0.05) is 6.92 Å². The summed E-state index contributed by atoms with van der Waals surface area (Å²) in [7, 11) is 0. The molecule has 0 heterocycles. The largest absolute Gasteiger partial charge is 0.276 e. The number of rotatable bonds is 1. The molecule has 0 unspecified atom stereocenters. The zero-order valence-corrected chi connectivity index (χ0v) is 16.8. The minimum absolute atomic E-state index is 0. The van der Waals surface area contributed by atoms with E-state index < -0.39 is 0 Å². The van der Waals surface area contributed by atoms with Gasteiger partial charge in [0, 0.05) is 98.1 Å². The van der Waals surface area contributed by atoms with Gasteiger partial charge in [0.2, 0.25) is 0 Å². The Hall–Kier alpha value is 2.01. The van der Waals surface area contributed by atoms with Crippen molar-refractivity contribution in [2.75, 3.05) is 0 Å². The van der Waals surface area contributed by atoms with E-state index in [2.05, 4.69) is 6.08 Å². The van der Waals surface area contributed by atoms with E-state index in [4.69, 9.17) is 6.58 Å². The number of hydrogen-bond donors (Lipinski definition) is 0. The fraction of sp³-hybridized carbons (Fsp3) is 0.0909. The second kappa shape index (κ2) is 13.1. The second-order valence-corrected chi connectivity index (χ2v) is 2.23. The van der Waals surface area contributed by atoms with Crippen molar-refractivity contribution >= 4 is 12.7 Å². The molecular formula is C11H10Y3-2. The molecular weight excluding hydrogens is 399 g/mol. The number of hydrogen-bond acceptors (Lipinski definition) is 0. The Morgan fingerprint density at radius 3 is 2.21 bits per heavy atom. The minimum Gasteiger partial charge on any atom is -0.276 e. The summed E-state index contributed by atoms with van der Waals surface area (Å²) >= 11 is 0. The summed E-state index contributed by atoms with van der Waals surface area (Å²) in [6.45, 7) is 7.62. The zero-order chi connectivity index (χ0) is 8.10. The van der Waals surface area contributed by atoms with Gasteiger partial charge in [-0.3, -0.25) is 17.0 Å². The van der Waals surface area contributed by atoms with Crippen molar-refractivity contribution in [3.05, 3.63) is 46.9 Å². The molecule has 14 heavy (non-hydrogen) atoms. The third-order valence-corrected chi connectivity index (χ3v) is 1.37. The molecule has 0 nitrogen and oxygen atoms in total. The van der Waals surface area contributed by atoms with Crippen LogP contribution in [0, 0.1) is 0 Å². The van der Waals surface area contributed by atoms with E-state index in [0.29, 0.717) is 0 Å². The molecule has 0 aliphatic carbocycles. The van der Waals surface area contributed by atoms with E-state index in [-0.39, 0.29) is 98.1 Å². The van der Waals surface area contributed by atoms with Gasteiger partial charge in [0.25, 0.3) is 0 Å². The van der Waals surface area contributed by atoms with Gasteiger partial charge >= 0.3 is 0 Å². The molecule has 3 radical (unpaired) electrons. The summed E-state index contributed by atoms with van der Waals surface area (Å²) in [6, 6.07) is 7.67. The van der Waals surface area contributed by atoms with Crippen LogP contribution in [0.1, 0.15) is 6.92 Å². The molecule has 0 fully saturated rings. The normalized spacial score (nSPS) is 9.93. The first-order valence-corrected chi connectivity index (χ1v) is 3.57. The van der Waals surface area contributed by atoms with Gasteiger partial charge in [0.1, 0.15) is 0 Å². The van der Waals surface area contributed by atoms with Crippen molar-refractivity contribution in [2.24, 2.45) is 0 Å². The van der Waals surface area contributed by atoms with Crippen molar-refractivity contribution in [3.8, 4) is 0 Å². The van der Waals surface area contributed by atoms with Gasteiger partial charge in [0.15, 0.2) is 0 Å². The Bertz CT molecular complexity index is 355. The second-order valence-electron chi connectivity index (χ2n) is 2.23. The molecule has 0 aliphatic rings. The van der Waals surface area contributed by atoms with Crippen LogP contribution >= 0.6 is 0 Å². The average molecular weight is 409 g/mol. The zero-order valence-electron chi connectivity index (χ0n) is 8.27. The van der Waals surface area contributed by atoms with Crippen LogP contribution in [0.25, 0.3) is 12.7 Å². The van der Waals surface area contributed by atoms with Crippen LogP contribution in [0.3, 0.4) is 0 Å². The molecule has 65 valence electrons. The molecule has 1 aromatic rings. The summed E-state index contributed by atoms with van der Waals surface area (Å²) in [6.07, 6.45) is 6.83. The Morgan fingerprint density at radius 2 is 1.71 bits per heavy atom. The van der Waals surface area contributed by atoms with Crippen molar-refractivity contribution < 1.29 is 98.1 Å². The van der Waals surface area contributed by atoms with Gasteiger partial charge in [0.05, 0.1) is 0 Å². The maximum Gasteiger partial charge on any atom is 0 e. The topological polar surface area (TPSA) is 0 Å². The predicted octanol–water partition coefficient (Wildman–Crippen LogP) is 1.20. The molecule has 0 saturated carbocycles. The van der Waals surface area contributed by atoms with Gasteiger partial charge in [-0.15, -0.1) is 12.1 Å². The van der Waals surface area contributed by atoms with Gasteiger partial charge in [-0.05, 0) is 0 Å². The fourth-order valence-electron chi connectivity index (χ4n) is 0.802. The van der Waals surface area contributed by atoms with Crippen LogP contribution in [-0.2, 0) is 98.1 Å². The molecule has 0 spiro atoms. The smallest absolute Gasteiger partial charge is 0 e. The van der Waals surface area contributed by atoms with E-state index >= 15 is 0 Å². The monoisotopic (exact) mass is 409 g/mol. The first kappa shape index (κ1) is 21.3. The molecule has 0 aromatic heterocycles. The van der Waals surface area contributed by atoms with Gasteiger partial charge in [-0.25, -0.2) is 12.1 Å². The molecule has 1 aromatic carbocycles. The predicted molar refractivity (Wildman–Crippen MR) is 48.4 cm³/mol. The SMILES string of the molecule is [CH-]=c1ccccc1=[C-]/C=C/C.[Y].[Y].[Y]. The van der Waals surface area contributed by atoms with Crippen LogP contribution in [0.4, 0.5) is 0 Å². The maximum absolute atomic E-state index is 5.66. The van der Waals surface area contributed by atoms with Crippen LogP contribution in [0.5, 0.6) is 0 Å². The standard InChI is InChI=1S/C11H10.3Y/c1-3-4-8-11-9-6-5-7-10(11)2;;;/h2-7,9H,1H3;;;/q-2;;;/b4-3+;;;. The summed E-state index contributed by atoms with van der Waals surface area (Å²) in [4.78, 5) is 0. The van der Waals surface area contributed by atoms with Gasteiger partial charge < -0.3 is 0 Å². The van der Waals surface area contributed by atoms with Gasteiger partial charge in [-0.2, -0.15) is 18.2 Å². The van der Waals surface area contributed by atoms with E-state index in [1.807, 2.05) is 43.3 Å². The summed E-state index contributed by atoms with van der Waals surface area (Å²) in [5.74, 6) is 0. The molecule has 0 aliphatic heterocycles. The van der Waals surface area contributed by atoms with Crippen LogP contribution in [-0.4, -0.2) is 0 Å². The number of allylic oxidation sites excluding steroid dienone is 2. The third kappa shape index (κ3) is 8.20. The van der Waals surface area contributed by atoms with Crippen molar-refractivity contribution in [1.82, 2.24) is 0 Å². The Morgan fingerprint density at radius 1 is 1.14 bits per heavy atom. The van der Waals surface area contributed by atoms with Crippen LogP contribution < -0.4 is 10.4 Å². The van der Waals surface area contributed by atoms with Crippen molar-refractivity contribution in [1.29, 1.82) is 0 Å². The third-order valence-electron chi connectivity index (χ3n) is 1.37.